The van der Waals surface area contributed by atoms with Crippen molar-refractivity contribution in [3.63, 3.8) is 0 Å². The summed E-state index contributed by atoms with van der Waals surface area (Å²) in [5, 5.41) is 31.2. The second-order valence-corrected chi connectivity index (χ2v) is 10.8. The van der Waals surface area contributed by atoms with Gasteiger partial charge in [0, 0.05) is 18.0 Å². The number of nitrogens with one attached hydrogen (secondary N) is 3. The summed E-state index contributed by atoms with van der Waals surface area (Å²) in [7, 11) is -3.39. The first-order valence-electron chi connectivity index (χ1n) is 12.0. The fraction of sp³-hybridized carbons (Fsp3) is 0.273. The van der Waals surface area contributed by atoms with Gasteiger partial charge >= 0.3 is 16.3 Å². The summed E-state index contributed by atoms with van der Waals surface area (Å²) in [5.41, 5.74) is 5.54. The van der Waals surface area contributed by atoms with Crippen molar-refractivity contribution in [3.8, 4) is 5.75 Å². The van der Waals surface area contributed by atoms with E-state index in [1.54, 1.807) is 19.2 Å². The van der Waals surface area contributed by atoms with Gasteiger partial charge in [0.05, 0.1) is 12.6 Å². The molecule has 1 fully saturated rings. The van der Waals surface area contributed by atoms with Gasteiger partial charge in [0.2, 0.25) is 0 Å². The summed E-state index contributed by atoms with van der Waals surface area (Å²) in [5.74, 6) is -3.29. The van der Waals surface area contributed by atoms with Gasteiger partial charge in [0.25, 0.3) is 17.9 Å². The Morgan fingerprint density at radius 3 is 2.58 bits per heavy atom. The monoisotopic (exact) mass is 636 g/mol. The topological polar surface area (TPSA) is 277 Å². The lowest BCUT2D eigenvalue weighted by Crippen LogP contribution is -2.73. The predicted molar refractivity (Wildman–Crippen MR) is 148 cm³/mol. The van der Waals surface area contributed by atoms with Crippen LogP contribution in [0.15, 0.2) is 47.5 Å². The van der Waals surface area contributed by atoms with Crippen molar-refractivity contribution in [1.29, 1.82) is 5.41 Å². The van der Waals surface area contributed by atoms with Crippen LogP contribution in [0.2, 0.25) is 0 Å². The van der Waals surface area contributed by atoms with Crippen LogP contribution in [0.3, 0.4) is 0 Å². The SMILES string of the molecule is CNC(=N)c1ccc(OC[C@H](O/N=C(\C(=O)NC2C(=O)N(S(=O)(=O)O)C2Cn2cncn2)c2csc(N)n2)C(=O)O)cc1. The molecule has 3 aromatic rings. The highest BCUT2D eigenvalue weighted by Gasteiger charge is 2.54. The van der Waals surface area contributed by atoms with Crippen LogP contribution in [0.25, 0.3) is 0 Å². The van der Waals surface area contributed by atoms with Crippen molar-refractivity contribution in [2.24, 2.45) is 5.16 Å². The number of carboxylic acids is 1. The zero-order chi connectivity index (χ0) is 31.3. The molecule has 7 N–H and O–H groups in total. The Bertz CT molecular complexity index is 1640. The average molecular weight is 637 g/mol. The minimum atomic E-state index is -4.98. The van der Waals surface area contributed by atoms with E-state index in [1.807, 2.05) is 0 Å². The lowest BCUT2D eigenvalue weighted by Gasteiger charge is -2.43. The number of aromatic nitrogens is 4. The first-order valence-corrected chi connectivity index (χ1v) is 14.3. The maximum absolute atomic E-state index is 13.3. The van der Waals surface area contributed by atoms with Gasteiger partial charge < -0.3 is 31.0 Å². The fourth-order valence-corrected chi connectivity index (χ4v) is 5.19. The Hall–Kier alpha value is -5.15. The third kappa shape index (κ3) is 7.20. The van der Waals surface area contributed by atoms with Gasteiger partial charge in [-0.25, -0.2) is 19.1 Å². The summed E-state index contributed by atoms with van der Waals surface area (Å²) in [6, 6.07) is 3.44. The number of ether oxygens (including phenoxy) is 1. The number of oxime groups is 1. The van der Waals surface area contributed by atoms with Crippen LogP contribution in [-0.4, -0.2) is 103 Å². The average Bonchev–Trinajstić information content (AvgIpc) is 3.64. The van der Waals surface area contributed by atoms with Gasteiger partial charge in [-0.2, -0.15) is 13.5 Å². The summed E-state index contributed by atoms with van der Waals surface area (Å²) in [6.07, 6.45) is 0.682. The maximum Gasteiger partial charge on any atom is 0.362 e. The van der Waals surface area contributed by atoms with Gasteiger partial charge in [-0.3, -0.25) is 24.2 Å². The second-order valence-electron chi connectivity index (χ2n) is 8.65. The van der Waals surface area contributed by atoms with Gasteiger partial charge in [0.15, 0.2) is 10.8 Å². The van der Waals surface area contributed by atoms with Crippen LogP contribution in [0.5, 0.6) is 5.75 Å². The van der Waals surface area contributed by atoms with Crippen LogP contribution >= 0.6 is 11.3 Å². The number of hydrogen-bond donors (Lipinski definition) is 6. The van der Waals surface area contributed by atoms with E-state index in [0.29, 0.717) is 5.56 Å². The molecule has 0 saturated carbocycles. The number of anilines is 1. The molecule has 0 bridgehead atoms. The van der Waals surface area contributed by atoms with E-state index in [-0.39, 0.29) is 33.3 Å². The van der Waals surface area contributed by atoms with Crippen molar-refractivity contribution in [1.82, 2.24) is 34.7 Å². The normalized spacial score (nSPS) is 17.5. The number of aliphatic carboxylic acids is 1. The molecule has 19 nitrogen and oxygen atoms in total. The lowest BCUT2D eigenvalue weighted by molar-refractivity contribution is -0.152. The summed E-state index contributed by atoms with van der Waals surface area (Å²) in [6.45, 7) is -0.807. The Morgan fingerprint density at radius 1 is 1.30 bits per heavy atom. The molecule has 1 aliphatic heterocycles. The number of nitrogens with two attached hydrogens (primary N) is 1. The number of hydrogen-bond acceptors (Lipinski definition) is 14. The molecule has 1 saturated heterocycles. The van der Waals surface area contributed by atoms with E-state index in [1.165, 1.54) is 28.5 Å². The fourth-order valence-electron chi connectivity index (χ4n) is 3.77. The number of thiazole rings is 1. The molecule has 2 aromatic heterocycles. The maximum atomic E-state index is 13.3. The zero-order valence-corrected chi connectivity index (χ0v) is 23.7. The van der Waals surface area contributed by atoms with E-state index in [0.717, 1.165) is 17.7 Å². The highest BCUT2D eigenvalue weighted by molar-refractivity contribution is 7.84. The van der Waals surface area contributed by atoms with Gasteiger partial charge in [-0.05, 0) is 24.3 Å². The van der Waals surface area contributed by atoms with Crippen molar-refractivity contribution in [3.05, 3.63) is 53.6 Å². The van der Waals surface area contributed by atoms with Crippen LogP contribution in [0.4, 0.5) is 5.13 Å². The molecule has 0 spiro atoms. The van der Waals surface area contributed by atoms with E-state index < -0.39 is 58.6 Å². The van der Waals surface area contributed by atoms with Gasteiger partial charge in [-0.15, -0.1) is 11.3 Å². The molecule has 1 aliphatic rings. The van der Waals surface area contributed by atoms with E-state index in [4.69, 9.17) is 20.7 Å². The molecule has 3 atom stereocenters. The Labute approximate surface area is 246 Å². The zero-order valence-electron chi connectivity index (χ0n) is 22.0. The summed E-state index contributed by atoms with van der Waals surface area (Å²) >= 11 is 0.933. The molecule has 228 valence electrons. The lowest BCUT2D eigenvalue weighted by atomic mass is 9.98. The molecular weight excluding hydrogens is 612 g/mol. The Balaban J connectivity index is 1.51. The number of β-lactam (4-membered cyclic amide) rings is 1. The first-order chi connectivity index (χ1) is 20.4. The molecule has 21 heteroatoms. The molecule has 2 unspecified atom stereocenters. The number of rotatable bonds is 13. The number of nitrogen functional groups attached to an aromatic ring is 1. The highest BCUT2D eigenvalue weighted by Crippen LogP contribution is 2.25. The molecule has 0 aliphatic carbocycles. The van der Waals surface area contributed by atoms with Crippen LogP contribution in [0.1, 0.15) is 11.3 Å². The largest absolute Gasteiger partial charge is 0.489 e. The quantitative estimate of drug-likeness (QED) is 0.0402. The van der Waals surface area contributed by atoms with Crippen molar-refractivity contribution >= 4 is 56.1 Å². The van der Waals surface area contributed by atoms with E-state index >= 15 is 0 Å². The molecule has 1 aromatic carbocycles. The van der Waals surface area contributed by atoms with E-state index in [2.05, 4.69) is 30.9 Å². The predicted octanol–water partition coefficient (Wildman–Crippen LogP) is -1.69. The number of carbonyl (C=O) groups is 3. The molecule has 0 radical (unpaired) electrons. The van der Waals surface area contributed by atoms with Crippen molar-refractivity contribution in [2.45, 2.75) is 24.7 Å². The third-order valence-electron chi connectivity index (χ3n) is 5.87. The minimum absolute atomic E-state index is 0.0322. The highest BCUT2D eigenvalue weighted by atomic mass is 32.2. The molecule has 4 rings (SSSR count). The molecule has 2 amide bonds. The number of amidine groups is 1. The third-order valence-corrected chi connectivity index (χ3v) is 7.49. The van der Waals surface area contributed by atoms with Crippen molar-refractivity contribution in [2.75, 3.05) is 19.4 Å². The summed E-state index contributed by atoms with van der Waals surface area (Å²) in [4.78, 5) is 50.5. The number of carbonyl (C=O) groups excluding carboxylic acids is 2. The first kappa shape index (κ1) is 30.8. The van der Waals surface area contributed by atoms with E-state index in [9.17, 15) is 32.5 Å². The second kappa shape index (κ2) is 12.8. The molecule has 43 heavy (non-hydrogen) atoms. The van der Waals surface area contributed by atoms with Crippen molar-refractivity contribution < 1.29 is 42.0 Å². The number of nitrogens with zero attached hydrogens (tertiary/aromatic N) is 6. The number of carboxylic acid groups (broad SMARTS) is 1. The van der Waals surface area contributed by atoms with Gasteiger partial charge in [-0.1, -0.05) is 5.16 Å². The Morgan fingerprint density at radius 2 is 2.02 bits per heavy atom. The number of amides is 2. The van der Waals surface area contributed by atoms with Gasteiger partial charge in [0.1, 0.15) is 42.6 Å². The van der Waals surface area contributed by atoms with Crippen LogP contribution < -0.4 is 21.1 Å². The molecular formula is C22H24N10O9S2. The summed E-state index contributed by atoms with van der Waals surface area (Å²) < 4.78 is 39.9. The standard InChI is InChI=1S/C22H24N10O9S2/c1-25-18(23)11-2-4-12(5-3-11)40-7-15(21(35)36)41-30-16(13-8-42-22(24)28-13)19(33)29-17-14(6-31-10-26-9-27-31)32(20(17)34)43(37,38)39/h2-5,8-10,14-15,17H,6-7H2,1H3,(H2,23,25)(H2,24,28)(H,29,33)(H,35,36)(H,37,38,39)/b30-16-/t14?,15-,17?/m0/s1. The van der Waals surface area contributed by atoms with Crippen LogP contribution in [-0.2, 0) is 36.1 Å². The minimum Gasteiger partial charge on any atom is -0.489 e. The smallest absolute Gasteiger partial charge is 0.362 e. The molecule has 3 heterocycles. The number of benzene rings is 1. The Kier molecular flexibility index (Phi) is 9.16. The van der Waals surface area contributed by atoms with Crippen LogP contribution in [0, 0.1) is 5.41 Å².